The third-order valence-corrected chi connectivity index (χ3v) is 3.81. The van der Waals surface area contributed by atoms with E-state index in [1.807, 2.05) is 0 Å². The van der Waals surface area contributed by atoms with E-state index < -0.39 is 5.97 Å². The van der Waals surface area contributed by atoms with Crippen LogP contribution in [0.4, 0.5) is 0 Å². The van der Waals surface area contributed by atoms with Gasteiger partial charge in [-0.1, -0.05) is 11.6 Å². The van der Waals surface area contributed by atoms with Crippen LogP contribution in [0.3, 0.4) is 0 Å². The van der Waals surface area contributed by atoms with Gasteiger partial charge in [0.25, 0.3) is 0 Å². The van der Waals surface area contributed by atoms with Gasteiger partial charge >= 0.3 is 5.97 Å². The van der Waals surface area contributed by atoms with Gasteiger partial charge in [0.15, 0.2) is 0 Å². The lowest BCUT2D eigenvalue weighted by atomic mass is 10.1. The van der Waals surface area contributed by atoms with Crippen LogP contribution in [-0.2, 0) is 0 Å². The fraction of sp³-hybridized carbons (Fsp3) is 0.0667. The minimum absolute atomic E-state index is 0.0149. The van der Waals surface area contributed by atoms with Crippen molar-refractivity contribution in [3.8, 4) is 11.3 Å². The number of halogens is 1. The maximum atomic E-state index is 11.2. The molecule has 2 aromatic heterocycles. The zero-order valence-corrected chi connectivity index (χ0v) is 13.9. The molecule has 0 radical (unpaired) electrons. The van der Waals surface area contributed by atoms with Gasteiger partial charge in [0.05, 0.1) is 16.8 Å². The quantitative estimate of drug-likeness (QED) is 0.544. The minimum Gasteiger partial charge on any atom is -0.478 e. The van der Waals surface area contributed by atoms with E-state index in [1.165, 1.54) is 23.0 Å². The summed E-state index contributed by atoms with van der Waals surface area (Å²) in [4.78, 5) is 11.2. The van der Waals surface area contributed by atoms with Crippen molar-refractivity contribution in [1.82, 2.24) is 14.9 Å². The zero-order valence-electron chi connectivity index (χ0n) is 12.4. The van der Waals surface area contributed by atoms with Gasteiger partial charge in [-0.15, -0.1) is 0 Å². The molecule has 0 spiro atoms. The Bertz CT molecular complexity index is 1000. The van der Waals surface area contributed by atoms with Crippen molar-refractivity contribution >= 4 is 36.0 Å². The molecule has 0 saturated carbocycles. The van der Waals surface area contributed by atoms with Gasteiger partial charge in [0, 0.05) is 5.56 Å². The molecule has 7 nitrogen and oxygen atoms in total. The maximum Gasteiger partial charge on any atom is 0.337 e. The minimum atomic E-state index is -1.10. The van der Waals surface area contributed by atoms with Crippen LogP contribution in [0.5, 0.6) is 0 Å². The molecule has 3 aromatic rings. The lowest BCUT2D eigenvalue weighted by Crippen LogP contribution is -1.97. The Hall–Kier alpha value is -2.71. The molecule has 0 atom stereocenters. The zero-order chi connectivity index (χ0) is 17.3. The first-order chi connectivity index (χ1) is 11.5. The third kappa shape index (κ3) is 3.15. The normalized spacial score (nSPS) is 11.2. The predicted octanol–water partition coefficient (Wildman–Crippen LogP) is 3.74. The summed E-state index contributed by atoms with van der Waals surface area (Å²) in [6.45, 7) is 1.76. The number of hydrogen-bond acceptors (Lipinski definition) is 5. The molecule has 24 heavy (non-hydrogen) atoms. The fourth-order valence-corrected chi connectivity index (χ4v) is 2.46. The van der Waals surface area contributed by atoms with Crippen molar-refractivity contribution in [1.29, 1.82) is 0 Å². The summed E-state index contributed by atoms with van der Waals surface area (Å²) >= 11 is 10.9. The molecule has 0 saturated heterocycles. The number of carbonyl (C=O) groups is 1. The fourth-order valence-electron chi connectivity index (χ4n) is 2.04. The van der Waals surface area contributed by atoms with Crippen LogP contribution < -0.4 is 0 Å². The van der Waals surface area contributed by atoms with Gasteiger partial charge in [-0.2, -0.15) is 14.9 Å². The molecule has 2 N–H and O–H groups in total. The number of aryl methyl sites for hydroxylation is 1. The number of hydrogen-bond donors (Lipinski definition) is 2. The molecular weight excluding hydrogens is 352 g/mol. The molecule has 9 heteroatoms. The number of carboxylic acids is 1. The van der Waals surface area contributed by atoms with Crippen LogP contribution in [0.1, 0.15) is 21.9 Å². The van der Waals surface area contributed by atoms with Crippen LogP contribution >= 0.6 is 23.8 Å². The topological polar surface area (TPSA) is 96.4 Å². The van der Waals surface area contributed by atoms with E-state index in [1.54, 1.807) is 25.1 Å². The first kappa shape index (κ1) is 16.2. The number of benzene rings is 1. The molecule has 1 aromatic carbocycles. The second kappa shape index (κ2) is 6.42. The monoisotopic (exact) mass is 362 g/mol. The van der Waals surface area contributed by atoms with Gasteiger partial charge in [-0.25, -0.2) is 4.79 Å². The second-order valence-electron chi connectivity index (χ2n) is 4.83. The van der Waals surface area contributed by atoms with E-state index in [0.717, 1.165) is 0 Å². The summed E-state index contributed by atoms with van der Waals surface area (Å²) in [5, 5.41) is 20.1. The van der Waals surface area contributed by atoms with Crippen molar-refractivity contribution in [3.05, 3.63) is 57.3 Å². The Morgan fingerprint density at radius 2 is 2.25 bits per heavy atom. The molecule has 0 fully saturated rings. The molecule has 0 aliphatic heterocycles. The average Bonchev–Trinajstić information content (AvgIpc) is 3.13. The van der Waals surface area contributed by atoms with E-state index in [0.29, 0.717) is 27.7 Å². The highest BCUT2D eigenvalue weighted by Crippen LogP contribution is 2.26. The molecule has 0 unspecified atom stereocenters. The first-order valence-electron chi connectivity index (χ1n) is 6.77. The number of nitrogens with zero attached hydrogens (tertiary/aromatic N) is 3. The number of carboxylic acid groups (broad SMARTS) is 1. The lowest BCUT2D eigenvalue weighted by Gasteiger charge is -2.01. The molecule has 0 bridgehead atoms. The Balaban J connectivity index is 1.90. The number of H-pyrrole nitrogens is 1. The lowest BCUT2D eigenvalue weighted by molar-refractivity contribution is 0.0697. The summed E-state index contributed by atoms with van der Waals surface area (Å²) in [6.07, 6.45) is 1.50. The number of aromatic nitrogens is 3. The van der Waals surface area contributed by atoms with Crippen LogP contribution in [0, 0.1) is 11.7 Å². The standard InChI is InChI=1S/C15H11ClN4O3S/c1-8-18-19-15(24)20(8)17-7-10-3-5-13(23-10)9-2-4-12(16)11(6-9)14(21)22/h2-7H,1H3,(H,19,24)(H,21,22)/b17-7-. The number of nitrogens with one attached hydrogen (secondary N) is 1. The van der Waals surface area contributed by atoms with Crippen molar-refractivity contribution in [2.75, 3.05) is 0 Å². The van der Waals surface area contributed by atoms with E-state index >= 15 is 0 Å². The highest BCUT2D eigenvalue weighted by atomic mass is 35.5. The van der Waals surface area contributed by atoms with Gasteiger partial charge in [0.1, 0.15) is 17.3 Å². The van der Waals surface area contributed by atoms with Crippen molar-refractivity contribution in [2.45, 2.75) is 6.92 Å². The van der Waals surface area contributed by atoms with Crippen molar-refractivity contribution < 1.29 is 14.3 Å². The summed E-state index contributed by atoms with van der Waals surface area (Å²) in [6, 6.07) is 8.10. The van der Waals surface area contributed by atoms with Gasteiger partial charge in [-0.3, -0.25) is 5.10 Å². The van der Waals surface area contributed by atoms with Crippen molar-refractivity contribution in [2.24, 2.45) is 5.10 Å². The molecular formula is C15H11ClN4O3S. The number of aromatic carboxylic acids is 1. The smallest absolute Gasteiger partial charge is 0.337 e. The SMILES string of the molecule is Cc1n[nH]c(=S)n1/N=C\c1ccc(-c2ccc(Cl)c(C(=O)O)c2)o1. The molecule has 122 valence electrons. The molecule has 2 heterocycles. The largest absolute Gasteiger partial charge is 0.478 e. The average molecular weight is 363 g/mol. The van der Waals surface area contributed by atoms with E-state index in [4.69, 9.17) is 33.3 Å². The maximum absolute atomic E-state index is 11.2. The van der Waals surface area contributed by atoms with Gasteiger partial charge < -0.3 is 9.52 Å². The van der Waals surface area contributed by atoms with Crippen LogP contribution in [-0.4, -0.2) is 32.2 Å². The van der Waals surface area contributed by atoms with Crippen LogP contribution in [0.25, 0.3) is 11.3 Å². The number of rotatable bonds is 4. The summed E-state index contributed by atoms with van der Waals surface area (Å²) in [7, 11) is 0. The molecule has 0 aliphatic rings. The Morgan fingerprint density at radius 1 is 1.46 bits per heavy atom. The summed E-state index contributed by atoms with van der Waals surface area (Å²) in [5.74, 6) is 0.509. The highest BCUT2D eigenvalue weighted by molar-refractivity contribution is 7.71. The summed E-state index contributed by atoms with van der Waals surface area (Å²) in [5.41, 5.74) is 0.619. The Kier molecular flexibility index (Phi) is 4.32. The molecule has 0 amide bonds. The van der Waals surface area contributed by atoms with Crippen LogP contribution in [0.15, 0.2) is 39.9 Å². The first-order valence-corrected chi connectivity index (χ1v) is 7.56. The number of aromatic amines is 1. The van der Waals surface area contributed by atoms with Crippen LogP contribution in [0.2, 0.25) is 5.02 Å². The predicted molar refractivity (Wildman–Crippen MR) is 91.3 cm³/mol. The Labute approximate surface area is 146 Å². The third-order valence-electron chi connectivity index (χ3n) is 3.22. The van der Waals surface area contributed by atoms with E-state index in [9.17, 15) is 4.79 Å². The highest BCUT2D eigenvalue weighted by Gasteiger charge is 2.12. The summed E-state index contributed by atoms with van der Waals surface area (Å²) < 4.78 is 7.49. The van der Waals surface area contributed by atoms with Gasteiger partial charge in [0.2, 0.25) is 4.77 Å². The Morgan fingerprint density at radius 3 is 2.92 bits per heavy atom. The second-order valence-corrected chi connectivity index (χ2v) is 5.63. The molecule has 3 rings (SSSR count). The number of furan rings is 1. The van der Waals surface area contributed by atoms with Crippen molar-refractivity contribution in [3.63, 3.8) is 0 Å². The molecule has 0 aliphatic carbocycles. The van der Waals surface area contributed by atoms with E-state index in [-0.39, 0.29) is 10.6 Å². The van der Waals surface area contributed by atoms with Gasteiger partial charge in [-0.05, 0) is 49.5 Å². The van der Waals surface area contributed by atoms with E-state index in [2.05, 4.69) is 15.3 Å².